The molecular weight excluding hydrogens is 280 g/mol. The van der Waals surface area contributed by atoms with E-state index in [2.05, 4.69) is 5.32 Å². The Hall–Kier alpha value is -1.45. The van der Waals surface area contributed by atoms with E-state index in [1.165, 1.54) is 12.1 Å². The van der Waals surface area contributed by atoms with Crippen LogP contribution < -0.4 is 5.32 Å². The van der Waals surface area contributed by atoms with E-state index >= 15 is 0 Å². The van der Waals surface area contributed by atoms with Crippen molar-refractivity contribution in [1.82, 2.24) is 5.32 Å². The Morgan fingerprint density at radius 2 is 1.95 bits per heavy atom. The van der Waals surface area contributed by atoms with Gasteiger partial charge < -0.3 is 5.32 Å². The molecule has 0 aliphatic carbocycles. The number of halogens is 3. The van der Waals surface area contributed by atoms with Crippen molar-refractivity contribution in [1.29, 1.82) is 0 Å². The van der Waals surface area contributed by atoms with Crippen molar-refractivity contribution < 1.29 is 8.78 Å². The third-order valence-electron chi connectivity index (χ3n) is 3.37. The summed E-state index contributed by atoms with van der Waals surface area (Å²) in [4.78, 5) is 0. The highest BCUT2D eigenvalue weighted by Gasteiger charge is 2.16. The standard InChI is InChI=1S/C16H16ClF2N/c1-10-4-3-5-12(16(10)19)15(20-2)9-11-6-7-13(17)14(18)8-11/h3-8,15,20H,9H2,1-2H3. The van der Waals surface area contributed by atoms with Crippen LogP contribution in [-0.4, -0.2) is 7.05 Å². The molecule has 0 spiro atoms. The molecular formula is C16H16ClF2N. The first-order chi connectivity index (χ1) is 9.52. The minimum atomic E-state index is -0.455. The van der Waals surface area contributed by atoms with Crippen molar-refractivity contribution in [2.45, 2.75) is 19.4 Å². The first-order valence-corrected chi connectivity index (χ1v) is 6.77. The normalized spacial score (nSPS) is 12.4. The Morgan fingerprint density at radius 1 is 1.20 bits per heavy atom. The van der Waals surface area contributed by atoms with Crippen molar-refractivity contribution >= 4 is 11.6 Å². The van der Waals surface area contributed by atoms with Crippen LogP contribution in [0.4, 0.5) is 8.78 Å². The highest BCUT2D eigenvalue weighted by Crippen LogP contribution is 2.24. The number of hydrogen-bond donors (Lipinski definition) is 1. The van der Waals surface area contributed by atoms with Gasteiger partial charge in [0.1, 0.15) is 11.6 Å². The number of nitrogens with one attached hydrogen (secondary N) is 1. The molecule has 0 heterocycles. The number of likely N-dealkylation sites (N-methyl/N-ethyl adjacent to an activating group) is 1. The van der Waals surface area contributed by atoms with Crippen LogP contribution in [0.5, 0.6) is 0 Å². The quantitative estimate of drug-likeness (QED) is 0.880. The van der Waals surface area contributed by atoms with Crippen molar-refractivity contribution in [3.8, 4) is 0 Å². The van der Waals surface area contributed by atoms with Crippen LogP contribution in [0, 0.1) is 18.6 Å². The summed E-state index contributed by atoms with van der Waals surface area (Å²) in [6, 6.07) is 9.75. The third-order valence-corrected chi connectivity index (χ3v) is 3.68. The molecule has 0 aliphatic rings. The van der Waals surface area contributed by atoms with E-state index in [0.29, 0.717) is 17.5 Å². The first-order valence-electron chi connectivity index (χ1n) is 6.39. The lowest BCUT2D eigenvalue weighted by molar-refractivity contribution is 0.528. The van der Waals surface area contributed by atoms with E-state index < -0.39 is 5.82 Å². The second-order valence-corrected chi connectivity index (χ2v) is 5.18. The predicted octanol–water partition coefficient (Wildman–Crippen LogP) is 4.43. The van der Waals surface area contributed by atoms with Crippen LogP contribution in [0.1, 0.15) is 22.7 Å². The molecule has 0 bridgehead atoms. The fourth-order valence-electron chi connectivity index (χ4n) is 2.21. The van der Waals surface area contributed by atoms with Gasteiger partial charge in [-0.1, -0.05) is 35.9 Å². The fraction of sp³-hybridized carbons (Fsp3) is 0.250. The van der Waals surface area contributed by atoms with Crippen molar-refractivity contribution in [3.63, 3.8) is 0 Å². The molecule has 1 N–H and O–H groups in total. The smallest absolute Gasteiger partial charge is 0.142 e. The Balaban J connectivity index is 2.28. The van der Waals surface area contributed by atoms with Crippen LogP contribution >= 0.6 is 11.6 Å². The molecule has 0 fully saturated rings. The van der Waals surface area contributed by atoms with Gasteiger partial charge in [-0.3, -0.25) is 0 Å². The molecule has 0 aliphatic heterocycles. The Kier molecular flexibility index (Phi) is 4.73. The molecule has 2 rings (SSSR count). The summed E-state index contributed by atoms with van der Waals surface area (Å²) >= 11 is 5.66. The average Bonchev–Trinajstić information content (AvgIpc) is 2.43. The second-order valence-electron chi connectivity index (χ2n) is 4.77. The van der Waals surface area contributed by atoms with Crippen LogP contribution in [0.15, 0.2) is 36.4 Å². The molecule has 106 valence electrons. The molecule has 1 atom stereocenters. The molecule has 0 saturated heterocycles. The summed E-state index contributed by atoms with van der Waals surface area (Å²) in [5.41, 5.74) is 1.96. The van der Waals surface area contributed by atoms with Crippen LogP contribution in [-0.2, 0) is 6.42 Å². The third kappa shape index (κ3) is 3.17. The Bertz CT molecular complexity index is 613. The summed E-state index contributed by atoms with van der Waals surface area (Å²) in [7, 11) is 1.76. The van der Waals surface area contributed by atoms with Gasteiger partial charge in [0.15, 0.2) is 0 Å². The van der Waals surface area contributed by atoms with Gasteiger partial charge in [-0.05, 0) is 43.7 Å². The van der Waals surface area contributed by atoms with Crippen LogP contribution in [0.2, 0.25) is 5.02 Å². The zero-order valence-electron chi connectivity index (χ0n) is 11.4. The summed E-state index contributed by atoms with van der Waals surface area (Å²) in [6.07, 6.45) is 0.491. The lowest BCUT2D eigenvalue weighted by atomic mass is 9.97. The van der Waals surface area contributed by atoms with E-state index in [0.717, 1.165) is 5.56 Å². The van der Waals surface area contributed by atoms with Gasteiger partial charge >= 0.3 is 0 Å². The lowest BCUT2D eigenvalue weighted by Crippen LogP contribution is -2.20. The van der Waals surface area contributed by atoms with Gasteiger partial charge in [0.25, 0.3) is 0 Å². The first kappa shape index (κ1) is 14.9. The van der Waals surface area contributed by atoms with E-state index in [-0.39, 0.29) is 16.9 Å². The zero-order chi connectivity index (χ0) is 14.7. The van der Waals surface area contributed by atoms with Gasteiger partial charge in [0.2, 0.25) is 0 Å². The Labute approximate surface area is 122 Å². The van der Waals surface area contributed by atoms with E-state index in [1.807, 2.05) is 6.07 Å². The molecule has 4 heteroatoms. The monoisotopic (exact) mass is 295 g/mol. The maximum Gasteiger partial charge on any atom is 0.142 e. The zero-order valence-corrected chi connectivity index (χ0v) is 12.1. The van der Waals surface area contributed by atoms with Crippen molar-refractivity contribution in [2.75, 3.05) is 7.05 Å². The topological polar surface area (TPSA) is 12.0 Å². The van der Waals surface area contributed by atoms with Crippen molar-refractivity contribution in [2.24, 2.45) is 0 Å². The molecule has 2 aromatic carbocycles. The van der Waals surface area contributed by atoms with E-state index in [1.54, 1.807) is 32.2 Å². The maximum absolute atomic E-state index is 14.1. The summed E-state index contributed by atoms with van der Waals surface area (Å²) in [6.45, 7) is 1.73. The summed E-state index contributed by atoms with van der Waals surface area (Å²) in [5.74, 6) is -0.676. The Morgan fingerprint density at radius 3 is 2.60 bits per heavy atom. The second kappa shape index (κ2) is 6.33. The molecule has 0 saturated carbocycles. The molecule has 20 heavy (non-hydrogen) atoms. The molecule has 2 aromatic rings. The van der Waals surface area contributed by atoms with Crippen molar-refractivity contribution in [3.05, 3.63) is 69.7 Å². The van der Waals surface area contributed by atoms with Gasteiger partial charge in [-0.2, -0.15) is 0 Å². The number of benzene rings is 2. The highest BCUT2D eigenvalue weighted by atomic mass is 35.5. The summed E-state index contributed by atoms with van der Waals surface area (Å²) in [5, 5.41) is 3.17. The molecule has 1 unspecified atom stereocenters. The molecule has 0 aromatic heterocycles. The van der Waals surface area contributed by atoms with Gasteiger partial charge in [0.05, 0.1) is 5.02 Å². The van der Waals surface area contributed by atoms with Gasteiger partial charge in [0, 0.05) is 11.6 Å². The minimum absolute atomic E-state index is 0.0940. The lowest BCUT2D eigenvalue weighted by Gasteiger charge is -2.18. The van der Waals surface area contributed by atoms with E-state index in [9.17, 15) is 8.78 Å². The number of rotatable bonds is 4. The van der Waals surface area contributed by atoms with Gasteiger partial charge in [-0.15, -0.1) is 0 Å². The fourth-order valence-corrected chi connectivity index (χ4v) is 2.33. The number of hydrogen-bond acceptors (Lipinski definition) is 1. The minimum Gasteiger partial charge on any atom is -0.313 e. The van der Waals surface area contributed by atoms with Crippen LogP contribution in [0.3, 0.4) is 0 Å². The molecule has 0 radical (unpaired) electrons. The predicted molar refractivity (Wildman–Crippen MR) is 78.1 cm³/mol. The maximum atomic E-state index is 14.1. The van der Waals surface area contributed by atoms with Crippen LogP contribution in [0.25, 0.3) is 0 Å². The molecule has 0 amide bonds. The van der Waals surface area contributed by atoms with E-state index in [4.69, 9.17) is 11.6 Å². The summed E-state index contributed by atoms with van der Waals surface area (Å²) < 4.78 is 27.6. The largest absolute Gasteiger partial charge is 0.313 e. The molecule has 1 nitrogen and oxygen atoms in total. The number of aryl methyl sites for hydroxylation is 1. The SMILES string of the molecule is CNC(Cc1ccc(Cl)c(F)c1)c1cccc(C)c1F. The highest BCUT2D eigenvalue weighted by molar-refractivity contribution is 6.30. The van der Waals surface area contributed by atoms with Gasteiger partial charge in [-0.25, -0.2) is 8.78 Å². The average molecular weight is 296 g/mol.